The van der Waals surface area contributed by atoms with Crippen molar-refractivity contribution in [2.75, 3.05) is 6.54 Å². The summed E-state index contributed by atoms with van der Waals surface area (Å²) in [4.78, 5) is 4.16. The molecule has 0 aliphatic rings. The Morgan fingerprint density at radius 2 is 2.11 bits per heavy atom. The molecule has 0 aliphatic carbocycles. The number of nitrogens with zero attached hydrogens (tertiary/aromatic N) is 3. The number of ether oxygens (including phenoxy) is 1. The van der Waals surface area contributed by atoms with Crippen LogP contribution in [-0.2, 0) is 6.54 Å². The summed E-state index contributed by atoms with van der Waals surface area (Å²) >= 11 is 0. The van der Waals surface area contributed by atoms with Crippen LogP contribution >= 0.6 is 0 Å². The standard InChI is InChI=1S/C14H18N4O/c1-3-8-15-10-12-6-7-14(18-17-12)19-13-5-4-9-16-11(13)2/h4-7,9,15H,3,8,10H2,1-2H3. The fraction of sp³-hybridized carbons (Fsp3) is 0.357. The quantitative estimate of drug-likeness (QED) is 0.806. The van der Waals surface area contributed by atoms with Crippen molar-refractivity contribution in [3.63, 3.8) is 0 Å². The van der Waals surface area contributed by atoms with E-state index in [1.54, 1.807) is 6.20 Å². The first kappa shape index (κ1) is 13.4. The first-order valence-electron chi connectivity index (χ1n) is 6.42. The van der Waals surface area contributed by atoms with E-state index in [2.05, 4.69) is 27.4 Å². The van der Waals surface area contributed by atoms with Gasteiger partial charge in [-0.1, -0.05) is 6.92 Å². The van der Waals surface area contributed by atoms with Crippen LogP contribution in [0.25, 0.3) is 0 Å². The van der Waals surface area contributed by atoms with Crippen molar-refractivity contribution in [1.29, 1.82) is 0 Å². The van der Waals surface area contributed by atoms with Gasteiger partial charge in [-0.05, 0) is 38.1 Å². The molecule has 0 fully saturated rings. The van der Waals surface area contributed by atoms with Crippen molar-refractivity contribution in [1.82, 2.24) is 20.5 Å². The second kappa shape index (κ2) is 6.80. The highest BCUT2D eigenvalue weighted by Gasteiger charge is 2.03. The Morgan fingerprint density at radius 1 is 1.21 bits per heavy atom. The van der Waals surface area contributed by atoms with Crippen LogP contribution in [0.15, 0.2) is 30.5 Å². The molecule has 100 valence electrons. The molecule has 2 aromatic heterocycles. The van der Waals surface area contributed by atoms with Gasteiger partial charge in [0.25, 0.3) is 0 Å². The van der Waals surface area contributed by atoms with E-state index in [-0.39, 0.29) is 0 Å². The van der Waals surface area contributed by atoms with Crippen molar-refractivity contribution in [2.45, 2.75) is 26.8 Å². The molecule has 0 aromatic carbocycles. The minimum absolute atomic E-state index is 0.482. The summed E-state index contributed by atoms with van der Waals surface area (Å²) in [6.07, 6.45) is 2.84. The summed E-state index contributed by atoms with van der Waals surface area (Å²) in [6.45, 7) is 5.74. The van der Waals surface area contributed by atoms with Crippen molar-refractivity contribution in [3.05, 3.63) is 41.9 Å². The lowest BCUT2D eigenvalue weighted by Gasteiger charge is -2.06. The zero-order valence-electron chi connectivity index (χ0n) is 11.3. The first-order chi connectivity index (χ1) is 9.29. The monoisotopic (exact) mass is 258 g/mol. The maximum absolute atomic E-state index is 5.63. The first-order valence-corrected chi connectivity index (χ1v) is 6.42. The number of pyridine rings is 1. The molecule has 0 unspecified atom stereocenters. The van der Waals surface area contributed by atoms with Gasteiger partial charge in [-0.3, -0.25) is 4.98 Å². The van der Waals surface area contributed by atoms with Gasteiger partial charge in [-0.25, -0.2) is 0 Å². The summed E-state index contributed by atoms with van der Waals surface area (Å²) in [5.74, 6) is 1.18. The smallest absolute Gasteiger partial charge is 0.238 e. The van der Waals surface area contributed by atoms with Gasteiger partial charge in [0.1, 0.15) is 0 Å². The highest BCUT2D eigenvalue weighted by Crippen LogP contribution is 2.20. The van der Waals surface area contributed by atoms with Gasteiger partial charge < -0.3 is 10.1 Å². The minimum Gasteiger partial charge on any atom is -0.436 e. The van der Waals surface area contributed by atoms with Gasteiger partial charge in [-0.2, -0.15) is 5.10 Å². The second-order valence-electron chi connectivity index (χ2n) is 4.23. The van der Waals surface area contributed by atoms with E-state index >= 15 is 0 Å². The van der Waals surface area contributed by atoms with Crippen LogP contribution in [0, 0.1) is 6.92 Å². The highest BCUT2D eigenvalue weighted by atomic mass is 16.5. The lowest BCUT2D eigenvalue weighted by Crippen LogP contribution is -2.15. The summed E-state index contributed by atoms with van der Waals surface area (Å²) in [5, 5.41) is 11.4. The van der Waals surface area contributed by atoms with Gasteiger partial charge in [-0.15, -0.1) is 5.10 Å². The lowest BCUT2D eigenvalue weighted by atomic mass is 10.3. The molecule has 0 atom stereocenters. The van der Waals surface area contributed by atoms with Crippen LogP contribution in [0.1, 0.15) is 24.7 Å². The number of aromatic nitrogens is 3. The minimum atomic E-state index is 0.482. The normalized spacial score (nSPS) is 10.4. The Hall–Kier alpha value is -2.01. The number of rotatable bonds is 6. The van der Waals surface area contributed by atoms with Gasteiger partial charge in [0.05, 0.1) is 11.4 Å². The van der Waals surface area contributed by atoms with Crippen LogP contribution in [0.3, 0.4) is 0 Å². The summed E-state index contributed by atoms with van der Waals surface area (Å²) in [5.41, 5.74) is 1.74. The molecule has 0 saturated heterocycles. The van der Waals surface area contributed by atoms with Crippen molar-refractivity contribution in [2.24, 2.45) is 0 Å². The predicted octanol–water partition coefficient (Wildman–Crippen LogP) is 2.47. The van der Waals surface area contributed by atoms with Crippen LogP contribution in [0.4, 0.5) is 0 Å². The van der Waals surface area contributed by atoms with Crippen LogP contribution < -0.4 is 10.1 Å². The Kier molecular flexibility index (Phi) is 4.80. The van der Waals surface area contributed by atoms with Crippen molar-refractivity contribution < 1.29 is 4.74 Å². The van der Waals surface area contributed by atoms with Crippen molar-refractivity contribution >= 4 is 0 Å². The van der Waals surface area contributed by atoms with Crippen LogP contribution in [0.2, 0.25) is 0 Å². The fourth-order valence-electron chi connectivity index (χ4n) is 1.58. The van der Waals surface area contributed by atoms with Gasteiger partial charge >= 0.3 is 0 Å². The average Bonchev–Trinajstić information content (AvgIpc) is 2.44. The lowest BCUT2D eigenvalue weighted by molar-refractivity contribution is 0.447. The van der Waals surface area contributed by atoms with Gasteiger partial charge in [0.15, 0.2) is 5.75 Å². The molecule has 5 heteroatoms. The third kappa shape index (κ3) is 3.99. The van der Waals surface area contributed by atoms with Crippen LogP contribution in [-0.4, -0.2) is 21.7 Å². The van der Waals surface area contributed by atoms with E-state index in [1.165, 1.54) is 0 Å². The number of nitrogens with one attached hydrogen (secondary N) is 1. The molecule has 0 saturated carbocycles. The molecule has 19 heavy (non-hydrogen) atoms. The molecule has 0 spiro atoms. The summed E-state index contributed by atoms with van der Waals surface area (Å²) < 4.78 is 5.63. The molecule has 0 radical (unpaired) electrons. The van der Waals surface area contributed by atoms with E-state index in [0.717, 1.165) is 30.9 Å². The fourth-order valence-corrected chi connectivity index (χ4v) is 1.58. The molecule has 2 aromatic rings. The topological polar surface area (TPSA) is 59.9 Å². The number of hydrogen-bond acceptors (Lipinski definition) is 5. The Morgan fingerprint density at radius 3 is 2.79 bits per heavy atom. The third-order valence-electron chi connectivity index (χ3n) is 2.60. The SMILES string of the molecule is CCCNCc1ccc(Oc2cccnc2C)nn1. The highest BCUT2D eigenvalue weighted by molar-refractivity contribution is 5.29. The predicted molar refractivity (Wildman–Crippen MR) is 73.1 cm³/mol. The maximum Gasteiger partial charge on any atom is 0.238 e. The molecule has 0 aliphatic heterocycles. The van der Waals surface area contributed by atoms with Gasteiger partial charge in [0, 0.05) is 18.8 Å². The molecule has 2 rings (SSSR count). The van der Waals surface area contributed by atoms with E-state index < -0.39 is 0 Å². The van der Waals surface area contributed by atoms with Gasteiger partial charge in [0.2, 0.25) is 5.88 Å². The number of aryl methyl sites for hydroxylation is 1. The average molecular weight is 258 g/mol. The summed E-state index contributed by atoms with van der Waals surface area (Å²) in [7, 11) is 0. The van der Waals surface area contributed by atoms with E-state index in [0.29, 0.717) is 11.6 Å². The Labute approximate surface area is 113 Å². The van der Waals surface area contributed by atoms with Crippen molar-refractivity contribution in [3.8, 4) is 11.6 Å². The molecular weight excluding hydrogens is 240 g/mol. The Balaban J connectivity index is 1.97. The molecule has 2 heterocycles. The van der Waals surface area contributed by atoms with E-state index in [9.17, 15) is 0 Å². The molecule has 1 N–H and O–H groups in total. The zero-order valence-corrected chi connectivity index (χ0v) is 11.3. The van der Waals surface area contributed by atoms with E-state index in [4.69, 9.17) is 4.74 Å². The molecular formula is C14H18N4O. The molecule has 0 bridgehead atoms. The number of hydrogen-bond donors (Lipinski definition) is 1. The zero-order chi connectivity index (χ0) is 13.5. The second-order valence-corrected chi connectivity index (χ2v) is 4.23. The largest absolute Gasteiger partial charge is 0.436 e. The Bertz CT molecular complexity index is 513. The third-order valence-corrected chi connectivity index (χ3v) is 2.60. The maximum atomic E-state index is 5.63. The van der Waals surface area contributed by atoms with Crippen LogP contribution in [0.5, 0.6) is 11.6 Å². The summed E-state index contributed by atoms with van der Waals surface area (Å²) in [6, 6.07) is 7.43. The molecule has 0 amide bonds. The van der Waals surface area contributed by atoms with E-state index in [1.807, 2.05) is 31.2 Å². The molecule has 5 nitrogen and oxygen atoms in total.